The molecule has 1 unspecified atom stereocenters. The maximum absolute atomic E-state index is 12.0. The van der Waals surface area contributed by atoms with Gasteiger partial charge in [-0.15, -0.1) is 0 Å². The van der Waals surface area contributed by atoms with Gasteiger partial charge in [0.05, 0.1) is 26.4 Å². The molecule has 1 aromatic heterocycles. The predicted molar refractivity (Wildman–Crippen MR) is 102 cm³/mol. The normalized spacial score (nSPS) is 12.4. The van der Waals surface area contributed by atoms with Crippen LogP contribution in [0.2, 0.25) is 5.15 Å². The van der Waals surface area contributed by atoms with Crippen molar-refractivity contribution in [1.29, 1.82) is 0 Å². The second-order valence-electron chi connectivity index (χ2n) is 4.99. The van der Waals surface area contributed by atoms with E-state index in [2.05, 4.69) is 25.3 Å². The Hall–Kier alpha value is -2.90. The highest BCUT2D eigenvalue weighted by Gasteiger charge is 2.16. The zero-order valence-electron chi connectivity index (χ0n) is 14.7. The summed E-state index contributed by atoms with van der Waals surface area (Å²) in [7, 11) is 0. The molecule has 0 radical (unpaired) electrons. The van der Waals surface area contributed by atoms with Crippen molar-refractivity contribution in [3.63, 3.8) is 0 Å². The Morgan fingerprint density at radius 2 is 1.89 bits per heavy atom. The summed E-state index contributed by atoms with van der Waals surface area (Å²) in [5.74, 6) is -1.17. The van der Waals surface area contributed by atoms with E-state index in [0.717, 1.165) is 0 Å². The zero-order chi connectivity index (χ0) is 20.4. The van der Waals surface area contributed by atoms with E-state index in [1.165, 1.54) is 0 Å². The smallest absolute Gasteiger partial charge is 0.280 e. The minimum absolute atomic E-state index is 0.0516. The molecule has 1 rings (SSSR count). The van der Waals surface area contributed by atoms with Crippen LogP contribution in [0.3, 0.4) is 0 Å². The van der Waals surface area contributed by atoms with Crippen LogP contribution in [0.1, 0.15) is 17.4 Å². The quantitative estimate of drug-likeness (QED) is 0.151. The van der Waals surface area contributed by atoms with Crippen LogP contribution in [0, 0.1) is 0 Å². The molecule has 0 fully saturated rings. The number of carbonyl (C=O) groups is 1. The number of anilines is 2. The first kappa shape index (κ1) is 22.1. The molecule has 0 saturated heterocycles. The van der Waals surface area contributed by atoms with Gasteiger partial charge in [0.1, 0.15) is 6.23 Å². The van der Waals surface area contributed by atoms with E-state index in [1.54, 1.807) is 6.92 Å². The number of carbonyl (C=O) groups excluding carboxylic acids is 1. The largest absolute Gasteiger partial charge is 0.382 e. The van der Waals surface area contributed by atoms with E-state index in [0.29, 0.717) is 13.2 Å². The first-order valence-corrected chi connectivity index (χ1v) is 8.06. The van der Waals surface area contributed by atoms with Crippen LogP contribution in [-0.4, -0.2) is 60.4 Å². The van der Waals surface area contributed by atoms with Gasteiger partial charge in [0.2, 0.25) is 0 Å². The Balaban J connectivity index is 2.32. The molecule has 1 amide bonds. The van der Waals surface area contributed by atoms with Gasteiger partial charge < -0.3 is 38.1 Å². The molecule has 0 saturated carbocycles. The Bertz CT molecular complexity index is 708. The average Bonchev–Trinajstić information content (AvgIpc) is 2.56. The number of amides is 1. The van der Waals surface area contributed by atoms with Crippen LogP contribution in [-0.2, 0) is 9.47 Å². The fraction of sp³-hybridized carbons (Fsp3) is 0.462. The van der Waals surface area contributed by atoms with Gasteiger partial charge in [0.15, 0.2) is 34.4 Å². The summed E-state index contributed by atoms with van der Waals surface area (Å²) in [5, 5.41) is 2.16. The highest BCUT2D eigenvalue weighted by molar-refractivity contribution is 6.31. The van der Waals surface area contributed by atoms with Gasteiger partial charge >= 0.3 is 0 Å². The summed E-state index contributed by atoms with van der Waals surface area (Å²) in [6.45, 7) is 2.76. The first-order valence-electron chi connectivity index (χ1n) is 7.68. The number of hydrogen-bond acceptors (Lipinski definition) is 9. The van der Waals surface area contributed by atoms with Crippen LogP contribution < -0.4 is 34.0 Å². The van der Waals surface area contributed by atoms with Crippen molar-refractivity contribution in [3.8, 4) is 0 Å². The summed E-state index contributed by atoms with van der Waals surface area (Å²) in [6.07, 6.45) is -0.458. The first-order chi connectivity index (χ1) is 12.7. The molecule has 1 aromatic rings. The summed E-state index contributed by atoms with van der Waals surface area (Å²) >= 11 is 5.71. The second kappa shape index (κ2) is 10.9. The van der Waals surface area contributed by atoms with Crippen molar-refractivity contribution < 1.29 is 14.3 Å². The van der Waals surface area contributed by atoms with Crippen molar-refractivity contribution in [1.82, 2.24) is 15.3 Å². The average molecular weight is 403 g/mol. The zero-order valence-corrected chi connectivity index (χ0v) is 15.4. The lowest BCUT2D eigenvalue weighted by Gasteiger charge is -2.09. The molecule has 150 valence electrons. The highest BCUT2D eigenvalue weighted by atomic mass is 35.5. The monoisotopic (exact) mass is 402 g/mol. The maximum atomic E-state index is 12.0. The predicted octanol–water partition coefficient (Wildman–Crippen LogP) is -2.01. The number of rotatable bonds is 9. The molecule has 11 N–H and O–H groups in total. The Morgan fingerprint density at radius 3 is 2.56 bits per heavy atom. The number of nitrogens with zero attached hydrogens (tertiary/aromatic N) is 4. The number of guanidine groups is 2. The third-order valence-corrected chi connectivity index (χ3v) is 3.08. The van der Waals surface area contributed by atoms with Crippen LogP contribution in [0.4, 0.5) is 11.6 Å². The summed E-state index contributed by atoms with van der Waals surface area (Å²) < 4.78 is 10.6. The van der Waals surface area contributed by atoms with Crippen LogP contribution >= 0.6 is 11.6 Å². The van der Waals surface area contributed by atoms with Gasteiger partial charge in [-0.1, -0.05) is 11.6 Å². The molecule has 0 aliphatic heterocycles. The number of halogens is 1. The van der Waals surface area contributed by atoms with Crippen molar-refractivity contribution in [2.24, 2.45) is 27.2 Å². The molecule has 0 aliphatic carbocycles. The van der Waals surface area contributed by atoms with Crippen LogP contribution in [0.5, 0.6) is 0 Å². The summed E-state index contributed by atoms with van der Waals surface area (Å²) in [5.41, 5.74) is 26.8. The molecular weight excluding hydrogens is 380 g/mol. The third kappa shape index (κ3) is 8.35. The van der Waals surface area contributed by atoms with E-state index in [-0.39, 0.29) is 47.6 Å². The van der Waals surface area contributed by atoms with Gasteiger partial charge in [0, 0.05) is 0 Å². The molecule has 0 aromatic carbocycles. The molecule has 13 nitrogen and oxygen atoms in total. The molecule has 1 atom stereocenters. The standard InChI is InChI=1S/C13H23ClN10O3/c1-6(21-12(17)18)27-5-4-26-3-2-20-13(19)24-11(25)7-9(15)23-10(16)8(14)22-7/h6H,2-5H2,1H3,(H4,15,16,23)(H4,17,18,21)(H3,19,20,24,25). The molecule has 14 heteroatoms. The van der Waals surface area contributed by atoms with E-state index < -0.39 is 12.1 Å². The molecule has 1 heterocycles. The van der Waals surface area contributed by atoms with Crippen molar-refractivity contribution in [3.05, 3.63) is 10.8 Å². The topological polar surface area (TPSA) is 228 Å². The molecule has 0 bridgehead atoms. The molecule has 27 heavy (non-hydrogen) atoms. The van der Waals surface area contributed by atoms with Crippen LogP contribution in [0.25, 0.3) is 0 Å². The fourth-order valence-electron chi connectivity index (χ4n) is 1.68. The number of nitrogens with two attached hydrogens (primary N) is 5. The second-order valence-corrected chi connectivity index (χ2v) is 5.35. The fourth-order valence-corrected chi connectivity index (χ4v) is 1.81. The van der Waals surface area contributed by atoms with Crippen molar-refractivity contribution in [2.75, 3.05) is 37.8 Å². The molecule has 0 spiro atoms. The third-order valence-electron chi connectivity index (χ3n) is 2.80. The number of hydrogen-bond donors (Lipinski definition) is 6. The Morgan fingerprint density at radius 1 is 1.19 bits per heavy atom. The van der Waals surface area contributed by atoms with E-state index in [1.807, 2.05) is 0 Å². The van der Waals surface area contributed by atoms with E-state index >= 15 is 0 Å². The lowest BCUT2D eigenvalue weighted by molar-refractivity contribution is 0.0179. The Labute approximate surface area is 160 Å². The van der Waals surface area contributed by atoms with Crippen molar-refractivity contribution >= 4 is 41.1 Å². The number of aliphatic imine (C=N–C) groups is 2. The van der Waals surface area contributed by atoms with Gasteiger partial charge in [-0.3, -0.25) is 15.1 Å². The maximum Gasteiger partial charge on any atom is 0.280 e. The van der Waals surface area contributed by atoms with Gasteiger partial charge in [-0.25, -0.2) is 15.0 Å². The number of nitrogens with one attached hydrogen (secondary N) is 1. The van der Waals surface area contributed by atoms with Crippen molar-refractivity contribution in [2.45, 2.75) is 13.2 Å². The minimum atomic E-state index is -0.716. The SMILES string of the molecule is CC(N=C(N)N)OCCOCCN=C(N)NC(=O)c1nc(Cl)c(N)nc1N. The van der Waals surface area contributed by atoms with Gasteiger partial charge in [0.25, 0.3) is 5.91 Å². The highest BCUT2D eigenvalue weighted by Crippen LogP contribution is 2.16. The van der Waals surface area contributed by atoms with E-state index in [9.17, 15) is 4.79 Å². The van der Waals surface area contributed by atoms with Crippen LogP contribution in [0.15, 0.2) is 9.98 Å². The molecular formula is C13H23ClN10O3. The molecule has 0 aliphatic rings. The van der Waals surface area contributed by atoms with Gasteiger partial charge in [-0.2, -0.15) is 0 Å². The lowest BCUT2D eigenvalue weighted by Crippen LogP contribution is -2.38. The number of aromatic nitrogens is 2. The van der Waals surface area contributed by atoms with E-state index in [4.69, 9.17) is 49.7 Å². The minimum Gasteiger partial charge on any atom is -0.382 e. The summed E-state index contributed by atoms with van der Waals surface area (Å²) in [6, 6.07) is 0. The lowest BCUT2D eigenvalue weighted by atomic mass is 10.4. The number of ether oxygens (including phenoxy) is 2. The van der Waals surface area contributed by atoms with Gasteiger partial charge in [-0.05, 0) is 6.92 Å². The summed E-state index contributed by atoms with van der Waals surface area (Å²) in [4.78, 5) is 27.2. The number of nitrogen functional groups attached to an aromatic ring is 2. The Kier molecular flexibility index (Phi) is 8.98.